The van der Waals surface area contributed by atoms with E-state index in [9.17, 15) is 4.79 Å². The molecule has 1 aliphatic heterocycles. The molecule has 0 spiro atoms. The van der Waals surface area contributed by atoms with Crippen LogP contribution in [-0.2, 0) is 4.79 Å². The van der Waals surface area contributed by atoms with Crippen molar-refractivity contribution in [3.8, 4) is 0 Å². The van der Waals surface area contributed by atoms with Gasteiger partial charge in [0.1, 0.15) is 5.78 Å². The zero-order valence-corrected chi connectivity index (χ0v) is 6.69. The van der Waals surface area contributed by atoms with Crippen LogP contribution in [-0.4, -0.2) is 35.7 Å². The standard InChI is InChI=1S/C7H11NOS/c9-7-1-3-8(4-2-7)5-6-10/h6H,1-5H2. The largest absolute Gasteiger partial charge is 0.300 e. The van der Waals surface area contributed by atoms with Crippen molar-refractivity contribution in [1.29, 1.82) is 0 Å². The fourth-order valence-electron chi connectivity index (χ4n) is 1.09. The lowest BCUT2D eigenvalue weighted by molar-refractivity contribution is -0.121. The minimum Gasteiger partial charge on any atom is -0.300 e. The molecule has 1 heterocycles. The predicted octanol–water partition coefficient (Wildman–Crippen LogP) is 0.651. The van der Waals surface area contributed by atoms with Gasteiger partial charge < -0.3 is 0 Å². The molecule has 0 amide bonds. The zero-order valence-electron chi connectivity index (χ0n) is 5.88. The molecule has 3 heteroatoms. The van der Waals surface area contributed by atoms with Gasteiger partial charge in [0.2, 0.25) is 0 Å². The normalized spacial score (nSPS) is 21.0. The first-order chi connectivity index (χ1) is 4.83. The predicted molar refractivity (Wildman–Crippen MR) is 44.3 cm³/mol. The van der Waals surface area contributed by atoms with Gasteiger partial charge in [0.25, 0.3) is 0 Å². The minimum atomic E-state index is 0.389. The van der Waals surface area contributed by atoms with Crippen molar-refractivity contribution in [2.45, 2.75) is 12.8 Å². The SMILES string of the molecule is O=C1CCN(CC=S)CC1. The first kappa shape index (κ1) is 7.82. The van der Waals surface area contributed by atoms with Gasteiger partial charge in [-0.05, 0) is 5.37 Å². The molecule has 0 unspecified atom stereocenters. The van der Waals surface area contributed by atoms with Gasteiger partial charge in [-0.2, -0.15) is 0 Å². The Morgan fingerprint density at radius 3 is 2.60 bits per heavy atom. The van der Waals surface area contributed by atoms with Crippen LogP contribution in [0.2, 0.25) is 0 Å². The summed E-state index contributed by atoms with van der Waals surface area (Å²) in [6.07, 6.45) is 1.42. The molecule has 0 N–H and O–H groups in total. The third kappa shape index (κ3) is 2.15. The van der Waals surface area contributed by atoms with Crippen LogP contribution in [0, 0.1) is 0 Å². The fourth-order valence-corrected chi connectivity index (χ4v) is 1.30. The van der Waals surface area contributed by atoms with Crippen molar-refractivity contribution in [2.24, 2.45) is 0 Å². The molecule has 0 radical (unpaired) electrons. The first-order valence-corrected chi connectivity index (χ1v) is 3.98. The molecule has 1 rings (SSSR count). The summed E-state index contributed by atoms with van der Waals surface area (Å²) in [5.74, 6) is 0.389. The first-order valence-electron chi connectivity index (χ1n) is 3.50. The van der Waals surface area contributed by atoms with E-state index in [0.29, 0.717) is 18.6 Å². The molecule has 0 aromatic carbocycles. The molecule has 0 bridgehead atoms. The summed E-state index contributed by atoms with van der Waals surface area (Å²) in [6.45, 7) is 2.64. The number of nitrogens with zero attached hydrogens (tertiary/aromatic N) is 1. The number of ketones is 1. The quantitative estimate of drug-likeness (QED) is 0.549. The van der Waals surface area contributed by atoms with Crippen LogP contribution in [0.15, 0.2) is 0 Å². The number of hydrogen-bond acceptors (Lipinski definition) is 3. The molecular weight excluding hydrogens is 146 g/mol. The summed E-state index contributed by atoms with van der Waals surface area (Å²) in [5, 5.41) is 1.72. The average molecular weight is 157 g/mol. The van der Waals surface area contributed by atoms with E-state index in [-0.39, 0.29) is 0 Å². The number of carbonyl (C=O) groups is 1. The number of piperidine rings is 1. The maximum atomic E-state index is 10.7. The molecule has 10 heavy (non-hydrogen) atoms. The van der Waals surface area contributed by atoms with Crippen molar-refractivity contribution in [3.05, 3.63) is 0 Å². The number of thiocarbonyl (C=S) groups is 1. The molecule has 56 valence electrons. The van der Waals surface area contributed by atoms with E-state index in [1.54, 1.807) is 5.37 Å². The maximum absolute atomic E-state index is 10.7. The van der Waals surface area contributed by atoms with Gasteiger partial charge in [0.15, 0.2) is 0 Å². The molecule has 0 aromatic heterocycles. The van der Waals surface area contributed by atoms with Gasteiger partial charge >= 0.3 is 0 Å². The third-order valence-corrected chi connectivity index (χ3v) is 1.90. The third-order valence-electron chi connectivity index (χ3n) is 1.75. The van der Waals surface area contributed by atoms with Crippen molar-refractivity contribution in [1.82, 2.24) is 4.90 Å². The minimum absolute atomic E-state index is 0.389. The summed E-state index contributed by atoms with van der Waals surface area (Å²) in [7, 11) is 0. The lowest BCUT2D eigenvalue weighted by Gasteiger charge is -2.23. The van der Waals surface area contributed by atoms with Crippen molar-refractivity contribution < 1.29 is 4.79 Å². The van der Waals surface area contributed by atoms with Gasteiger partial charge in [-0.15, -0.1) is 0 Å². The van der Waals surface area contributed by atoms with E-state index < -0.39 is 0 Å². The molecule has 2 nitrogen and oxygen atoms in total. The number of carbonyl (C=O) groups excluding carboxylic acids is 1. The van der Waals surface area contributed by atoms with E-state index in [1.807, 2.05) is 0 Å². The number of likely N-dealkylation sites (tertiary alicyclic amines) is 1. The van der Waals surface area contributed by atoms with Gasteiger partial charge in [0, 0.05) is 32.5 Å². The number of hydrogen-bond donors (Lipinski definition) is 0. The highest BCUT2D eigenvalue weighted by molar-refractivity contribution is 7.79. The van der Waals surface area contributed by atoms with Gasteiger partial charge in [0.05, 0.1) is 0 Å². The summed E-state index contributed by atoms with van der Waals surface area (Å²) < 4.78 is 0. The van der Waals surface area contributed by atoms with Crippen molar-refractivity contribution in [3.63, 3.8) is 0 Å². The van der Waals surface area contributed by atoms with Crippen molar-refractivity contribution >= 4 is 23.4 Å². The summed E-state index contributed by atoms with van der Waals surface area (Å²) in [6, 6.07) is 0. The van der Waals surface area contributed by atoms with E-state index in [2.05, 4.69) is 4.90 Å². The molecule has 0 aliphatic carbocycles. The Balaban J connectivity index is 2.25. The van der Waals surface area contributed by atoms with E-state index in [4.69, 9.17) is 12.2 Å². The molecule has 0 aromatic rings. The van der Waals surface area contributed by atoms with E-state index in [1.165, 1.54) is 0 Å². The van der Waals surface area contributed by atoms with Gasteiger partial charge in [-0.1, -0.05) is 12.2 Å². The Morgan fingerprint density at radius 1 is 1.50 bits per heavy atom. The van der Waals surface area contributed by atoms with Crippen LogP contribution in [0.25, 0.3) is 0 Å². The molecule has 1 saturated heterocycles. The topological polar surface area (TPSA) is 20.3 Å². The van der Waals surface area contributed by atoms with Crippen molar-refractivity contribution in [2.75, 3.05) is 19.6 Å². The second-order valence-electron chi connectivity index (χ2n) is 2.51. The highest BCUT2D eigenvalue weighted by Crippen LogP contribution is 2.03. The smallest absolute Gasteiger partial charge is 0.135 e. The highest BCUT2D eigenvalue weighted by atomic mass is 32.1. The Bertz CT molecular complexity index is 137. The maximum Gasteiger partial charge on any atom is 0.135 e. The van der Waals surface area contributed by atoms with Gasteiger partial charge in [-0.25, -0.2) is 0 Å². The lowest BCUT2D eigenvalue weighted by Crippen LogP contribution is -2.34. The number of Topliss-reactive ketones (excluding diaryl/α,β-unsaturated/α-hetero) is 1. The Kier molecular flexibility index (Phi) is 2.96. The van der Waals surface area contributed by atoms with Crippen LogP contribution >= 0.6 is 12.2 Å². The second kappa shape index (κ2) is 3.78. The van der Waals surface area contributed by atoms with Crippen LogP contribution in [0.5, 0.6) is 0 Å². The van der Waals surface area contributed by atoms with E-state index >= 15 is 0 Å². The number of rotatable bonds is 2. The Labute approximate surface area is 66.2 Å². The highest BCUT2D eigenvalue weighted by Gasteiger charge is 2.13. The second-order valence-corrected chi connectivity index (χ2v) is 2.84. The van der Waals surface area contributed by atoms with Crippen LogP contribution in [0.4, 0.5) is 0 Å². The van der Waals surface area contributed by atoms with Crippen LogP contribution < -0.4 is 0 Å². The van der Waals surface area contributed by atoms with Gasteiger partial charge in [-0.3, -0.25) is 9.69 Å². The summed E-state index contributed by atoms with van der Waals surface area (Å²) >= 11 is 4.71. The average Bonchev–Trinajstić information content (AvgIpc) is 1.95. The molecule has 0 atom stereocenters. The molecule has 1 fully saturated rings. The summed E-state index contributed by atoms with van der Waals surface area (Å²) in [4.78, 5) is 13.0. The lowest BCUT2D eigenvalue weighted by atomic mass is 10.1. The Morgan fingerprint density at radius 2 is 2.10 bits per heavy atom. The van der Waals surface area contributed by atoms with Crippen LogP contribution in [0.3, 0.4) is 0 Å². The van der Waals surface area contributed by atoms with Crippen LogP contribution in [0.1, 0.15) is 12.8 Å². The van der Waals surface area contributed by atoms with E-state index in [0.717, 1.165) is 19.6 Å². The fraction of sp³-hybridized carbons (Fsp3) is 0.714. The Hall–Kier alpha value is -0.280. The molecular formula is C7H11NOS. The zero-order chi connectivity index (χ0) is 7.40. The molecule has 0 saturated carbocycles. The molecule has 1 aliphatic rings. The summed E-state index contributed by atoms with van der Waals surface area (Å²) in [5.41, 5.74) is 0. The monoisotopic (exact) mass is 157 g/mol.